The Morgan fingerprint density at radius 1 is 1.62 bits per heavy atom. The van der Waals surface area contributed by atoms with E-state index in [-0.39, 0.29) is 30.0 Å². The van der Waals surface area contributed by atoms with Crippen LogP contribution >= 0.6 is 12.4 Å². The van der Waals surface area contributed by atoms with Crippen molar-refractivity contribution in [3.05, 3.63) is 23.3 Å². The van der Waals surface area contributed by atoms with Gasteiger partial charge in [-0.3, -0.25) is 0 Å². The van der Waals surface area contributed by atoms with Crippen LogP contribution in [0.15, 0.2) is 23.3 Å². The number of carboxylic acids is 1. The van der Waals surface area contributed by atoms with E-state index in [9.17, 15) is 13.6 Å². The maximum atomic E-state index is 12.0. The van der Waals surface area contributed by atoms with E-state index >= 15 is 0 Å². The van der Waals surface area contributed by atoms with Crippen LogP contribution < -0.4 is 5.73 Å². The molecule has 0 radical (unpaired) electrons. The Morgan fingerprint density at radius 3 is 2.38 bits per heavy atom. The van der Waals surface area contributed by atoms with Crippen LogP contribution in [0.4, 0.5) is 8.78 Å². The molecule has 1 unspecified atom stereocenters. The summed E-state index contributed by atoms with van der Waals surface area (Å²) in [6, 6.07) is -0.943. The summed E-state index contributed by atoms with van der Waals surface area (Å²) in [5, 5.41) is 8.44. The molecular formula is C7H8ClF2NO2. The highest BCUT2D eigenvalue weighted by Gasteiger charge is 2.25. The van der Waals surface area contributed by atoms with Gasteiger partial charge < -0.3 is 10.8 Å². The molecule has 13 heavy (non-hydrogen) atoms. The van der Waals surface area contributed by atoms with Gasteiger partial charge in [0.25, 0.3) is 6.08 Å². The molecule has 3 nitrogen and oxygen atoms in total. The molecule has 0 fully saturated rings. The highest BCUT2D eigenvalue weighted by molar-refractivity contribution is 5.88. The third-order valence-electron chi connectivity index (χ3n) is 1.68. The maximum Gasteiger partial charge on any atom is 0.331 e. The SMILES string of the molecule is Cl.NC1C=C(C(=O)O)CC1=C(F)F. The number of hydrogen-bond donors (Lipinski definition) is 2. The summed E-state index contributed by atoms with van der Waals surface area (Å²) in [6.07, 6.45) is -0.995. The summed E-state index contributed by atoms with van der Waals surface area (Å²) in [5.74, 6) is -1.19. The smallest absolute Gasteiger partial charge is 0.331 e. The van der Waals surface area contributed by atoms with Crippen molar-refractivity contribution in [3.8, 4) is 0 Å². The van der Waals surface area contributed by atoms with Crippen molar-refractivity contribution in [3.63, 3.8) is 0 Å². The van der Waals surface area contributed by atoms with Gasteiger partial charge in [-0.15, -0.1) is 12.4 Å². The van der Waals surface area contributed by atoms with E-state index in [1.807, 2.05) is 0 Å². The Morgan fingerprint density at radius 2 is 2.15 bits per heavy atom. The van der Waals surface area contributed by atoms with E-state index in [1.165, 1.54) is 0 Å². The topological polar surface area (TPSA) is 63.3 Å². The lowest BCUT2D eigenvalue weighted by atomic mass is 10.1. The summed E-state index contributed by atoms with van der Waals surface area (Å²) >= 11 is 0. The van der Waals surface area contributed by atoms with Gasteiger partial charge in [-0.1, -0.05) is 6.08 Å². The second-order valence-corrected chi connectivity index (χ2v) is 2.49. The van der Waals surface area contributed by atoms with Crippen LogP contribution in [-0.2, 0) is 4.79 Å². The van der Waals surface area contributed by atoms with Gasteiger partial charge in [-0.25, -0.2) is 4.79 Å². The minimum atomic E-state index is -1.88. The predicted octanol–water partition coefficient (Wildman–Crippen LogP) is 1.30. The molecule has 0 heterocycles. The Kier molecular flexibility index (Phi) is 4.03. The molecule has 0 saturated heterocycles. The zero-order chi connectivity index (χ0) is 9.30. The summed E-state index contributed by atoms with van der Waals surface area (Å²) in [7, 11) is 0. The van der Waals surface area contributed by atoms with Crippen molar-refractivity contribution in [2.24, 2.45) is 5.73 Å². The van der Waals surface area contributed by atoms with Gasteiger partial charge in [0.05, 0.1) is 6.04 Å². The minimum Gasteiger partial charge on any atom is -0.478 e. The number of carboxylic acid groups (broad SMARTS) is 1. The number of rotatable bonds is 1. The molecule has 1 rings (SSSR count). The molecule has 0 aromatic heterocycles. The number of carbonyl (C=O) groups is 1. The lowest BCUT2D eigenvalue weighted by Gasteiger charge is -2.00. The van der Waals surface area contributed by atoms with E-state index in [2.05, 4.69) is 0 Å². The van der Waals surface area contributed by atoms with Gasteiger partial charge in [-0.05, 0) is 0 Å². The van der Waals surface area contributed by atoms with E-state index in [4.69, 9.17) is 10.8 Å². The first kappa shape index (κ1) is 12.1. The fraction of sp³-hybridized carbons (Fsp3) is 0.286. The first-order valence-electron chi connectivity index (χ1n) is 3.26. The van der Waals surface area contributed by atoms with Crippen LogP contribution in [0.2, 0.25) is 0 Å². The van der Waals surface area contributed by atoms with Crippen LogP contribution in [0.1, 0.15) is 6.42 Å². The van der Waals surface area contributed by atoms with Gasteiger partial charge in [0.2, 0.25) is 0 Å². The quantitative estimate of drug-likeness (QED) is 0.687. The van der Waals surface area contributed by atoms with E-state index < -0.39 is 18.1 Å². The number of aliphatic carboxylic acids is 1. The molecule has 0 aromatic carbocycles. The first-order chi connectivity index (χ1) is 5.52. The van der Waals surface area contributed by atoms with Gasteiger partial charge in [0.1, 0.15) is 0 Å². The van der Waals surface area contributed by atoms with E-state index in [0.29, 0.717) is 0 Å². The van der Waals surface area contributed by atoms with Crippen LogP contribution in [0.3, 0.4) is 0 Å². The Bertz CT molecular complexity index is 284. The molecule has 0 bridgehead atoms. The standard InChI is InChI=1S/C7H7F2NO2.ClH/c8-6(9)4-1-3(7(11)12)2-5(4)10;/h2,5H,1,10H2,(H,11,12);1H. The number of halogens is 3. The third-order valence-corrected chi connectivity index (χ3v) is 1.68. The summed E-state index contributed by atoms with van der Waals surface area (Å²) in [6.45, 7) is 0. The molecular weight excluding hydrogens is 204 g/mol. The Hall–Kier alpha value is -0.940. The van der Waals surface area contributed by atoms with Crippen molar-refractivity contribution < 1.29 is 18.7 Å². The maximum absolute atomic E-state index is 12.0. The Balaban J connectivity index is 0.00000144. The molecule has 1 aliphatic rings. The van der Waals surface area contributed by atoms with Gasteiger partial charge in [0, 0.05) is 17.6 Å². The molecule has 0 aliphatic heterocycles. The molecule has 0 saturated carbocycles. The zero-order valence-corrected chi connectivity index (χ0v) is 7.28. The molecule has 1 atom stereocenters. The lowest BCUT2D eigenvalue weighted by molar-refractivity contribution is -0.132. The van der Waals surface area contributed by atoms with Crippen molar-refractivity contribution in [1.82, 2.24) is 0 Å². The third kappa shape index (κ3) is 2.50. The van der Waals surface area contributed by atoms with Crippen LogP contribution in [-0.4, -0.2) is 17.1 Å². The second kappa shape index (κ2) is 4.34. The molecule has 1 aliphatic carbocycles. The monoisotopic (exact) mass is 211 g/mol. The fourth-order valence-corrected chi connectivity index (χ4v) is 1.04. The molecule has 0 aromatic rings. The predicted molar refractivity (Wildman–Crippen MR) is 44.8 cm³/mol. The lowest BCUT2D eigenvalue weighted by Crippen LogP contribution is -2.16. The fourth-order valence-electron chi connectivity index (χ4n) is 1.04. The van der Waals surface area contributed by atoms with Crippen LogP contribution in [0, 0.1) is 0 Å². The normalized spacial score (nSPS) is 20.7. The summed E-state index contributed by atoms with van der Waals surface area (Å²) in [5.41, 5.74) is 4.87. The number of hydrogen-bond acceptors (Lipinski definition) is 2. The van der Waals surface area contributed by atoms with Gasteiger partial charge >= 0.3 is 5.97 Å². The molecule has 0 spiro atoms. The first-order valence-corrected chi connectivity index (χ1v) is 3.26. The highest BCUT2D eigenvalue weighted by atomic mass is 35.5. The van der Waals surface area contributed by atoms with E-state index in [0.717, 1.165) is 6.08 Å². The number of nitrogens with two attached hydrogens (primary N) is 1. The largest absolute Gasteiger partial charge is 0.478 e. The molecule has 0 amide bonds. The van der Waals surface area contributed by atoms with Crippen LogP contribution in [0.5, 0.6) is 0 Å². The van der Waals surface area contributed by atoms with Crippen molar-refractivity contribution in [2.45, 2.75) is 12.5 Å². The van der Waals surface area contributed by atoms with Crippen molar-refractivity contribution in [2.75, 3.05) is 0 Å². The Labute approximate surface area is 79.3 Å². The van der Waals surface area contributed by atoms with Crippen molar-refractivity contribution in [1.29, 1.82) is 0 Å². The van der Waals surface area contributed by atoms with Gasteiger partial charge in [0.15, 0.2) is 0 Å². The summed E-state index contributed by atoms with van der Waals surface area (Å²) < 4.78 is 24.0. The minimum absolute atomic E-state index is 0. The average Bonchev–Trinajstić information content (AvgIpc) is 2.30. The second-order valence-electron chi connectivity index (χ2n) is 2.49. The zero-order valence-electron chi connectivity index (χ0n) is 6.46. The molecule has 74 valence electrons. The highest BCUT2D eigenvalue weighted by Crippen LogP contribution is 2.27. The van der Waals surface area contributed by atoms with Gasteiger partial charge in [-0.2, -0.15) is 8.78 Å². The van der Waals surface area contributed by atoms with Crippen LogP contribution in [0.25, 0.3) is 0 Å². The van der Waals surface area contributed by atoms with E-state index in [1.54, 1.807) is 0 Å². The average molecular weight is 212 g/mol. The van der Waals surface area contributed by atoms with Crippen molar-refractivity contribution >= 4 is 18.4 Å². The summed E-state index contributed by atoms with van der Waals surface area (Å²) in [4.78, 5) is 10.3. The molecule has 3 N–H and O–H groups in total. The molecule has 6 heteroatoms.